The van der Waals surface area contributed by atoms with E-state index in [9.17, 15) is 9.59 Å². The minimum Gasteiger partial charge on any atom is -0.480 e. The first kappa shape index (κ1) is 17.8. The zero-order valence-corrected chi connectivity index (χ0v) is 13.4. The maximum atomic E-state index is 12.0. The van der Waals surface area contributed by atoms with Crippen molar-refractivity contribution >= 4 is 40.8 Å². The molecule has 1 rings (SSSR count). The molecule has 7 heteroatoms. The Morgan fingerprint density at radius 1 is 1.24 bits per heavy atom. The third kappa shape index (κ3) is 6.33. The molecule has 0 unspecified atom stereocenters. The molecule has 1 aromatic rings. The molecule has 1 aromatic carbocycles. The van der Waals surface area contributed by atoms with Gasteiger partial charge in [0.1, 0.15) is 0 Å². The van der Waals surface area contributed by atoms with Gasteiger partial charge < -0.3 is 10.4 Å². The summed E-state index contributed by atoms with van der Waals surface area (Å²) >= 11 is 11.9. The first-order chi connectivity index (χ1) is 9.79. The number of aliphatic carboxylic acids is 1. The van der Waals surface area contributed by atoms with Crippen molar-refractivity contribution in [1.29, 1.82) is 0 Å². The summed E-state index contributed by atoms with van der Waals surface area (Å²) in [5.74, 6) is -1.08. The van der Waals surface area contributed by atoms with E-state index in [-0.39, 0.29) is 24.9 Å². The molecule has 0 aliphatic rings. The van der Waals surface area contributed by atoms with Gasteiger partial charge in [0.25, 0.3) is 0 Å². The van der Waals surface area contributed by atoms with Gasteiger partial charge in [-0.15, -0.1) is 0 Å². The van der Waals surface area contributed by atoms with Crippen molar-refractivity contribution in [1.82, 2.24) is 4.90 Å². The molecule has 0 atom stereocenters. The van der Waals surface area contributed by atoms with Crippen molar-refractivity contribution in [2.75, 3.05) is 25.0 Å². The predicted octanol–water partition coefficient (Wildman–Crippen LogP) is 2.97. The topological polar surface area (TPSA) is 69.6 Å². The molecule has 21 heavy (non-hydrogen) atoms. The average molecular weight is 333 g/mol. The van der Waals surface area contributed by atoms with Crippen LogP contribution in [-0.2, 0) is 9.59 Å². The zero-order chi connectivity index (χ0) is 16.0. The van der Waals surface area contributed by atoms with Gasteiger partial charge in [0.2, 0.25) is 5.91 Å². The van der Waals surface area contributed by atoms with Gasteiger partial charge in [-0.2, -0.15) is 0 Å². The van der Waals surface area contributed by atoms with Crippen LogP contribution in [0.15, 0.2) is 18.2 Å². The minimum absolute atomic E-state index is 0.0357. The minimum atomic E-state index is -0.973. The zero-order valence-electron chi connectivity index (χ0n) is 11.9. The fraction of sp³-hybridized carbons (Fsp3) is 0.429. The van der Waals surface area contributed by atoms with E-state index in [1.165, 1.54) is 0 Å². The van der Waals surface area contributed by atoms with Gasteiger partial charge in [-0.1, -0.05) is 43.1 Å². The summed E-state index contributed by atoms with van der Waals surface area (Å²) in [5.41, 5.74) is 0.339. The summed E-state index contributed by atoms with van der Waals surface area (Å²) in [5, 5.41) is 12.2. The molecule has 116 valence electrons. The lowest BCUT2D eigenvalue weighted by Crippen LogP contribution is -2.39. The molecule has 2 N–H and O–H groups in total. The molecule has 5 nitrogen and oxygen atoms in total. The van der Waals surface area contributed by atoms with Crippen LogP contribution in [0.3, 0.4) is 0 Å². The Morgan fingerprint density at radius 2 is 1.81 bits per heavy atom. The quantitative estimate of drug-likeness (QED) is 0.805. The van der Waals surface area contributed by atoms with Gasteiger partial charge >= 0.3 is 5.97 Å². The number of rotatable bonds is 7. The van der Waals surface area contributed by atoms with Crippen molar-refractivity contribution in [2.24, 2.45) is 5.92 Å². The number of nitrogens with one attached hydrogen (secondary N) is 1. The van der Waals surface area contributed by atoms with E-state index in [0.717, 1.165) is 0 Å². The Balaban J connectivity index is 2.71. The largest absolute Gasteiger partial charge is 0.480 e. The Morgan fingerprint density at radius 3 is 2.29 bits per heavy atom. The molecule has 0 aliphatic heterocycles. The number of carbonyl (C=O) groups excluding carboxylic acids is 1. The van der Waals surface area contributed by atoms with E-state index in [0.29, 0.717) is 22.3 Å². The van der Waals surface area contributed by atoms with Crippen LogP contribution >= 0.6 is 23.2 Å². The molecule has 0 saturated heterocycles. The van der Waals surface area contributed by atoms with Crippen molar-refractivity contribution in [3.05, 3.63) is 28.2 Å². The lowest BCUT2D eigenvalue weighted by atomic mass is 10.2. The fourth-order valence-electron chi connectivity index (χ4n) is 1.89. The molecular weight excluding hydrogens is 315 g/mol. The highest BCUT2D eigenvalue weighted by Gasteiger charge is 2.17. The van der Waals surface area contributed by atoms with Crippen LogP contribution in [0.5, 0.6) is 0 Å². The summed E-state index contributed by atoms with van der Waals surface area (Å²) < 4.78 is 0. The van der Waals surface area contributed by atoms with Crippen molar-refractivity contribution in [3.63, 3.8) is 0 Å². The van der Waals surface area contributed by atoms with Gasteiger partial charge in [0.15, 0.2) is 0 Å². The van der Waals surface area contributed by atoms with Crippen LogP contribution in [0.25, 0.3) is 0 Å². The second-order valence-corrected chi connectivity index (χ2v) is 5.92. The number of para-hydroxylation sites is 1. The van der Waals surface area contributed by atoms with E-state index in [1.54, 1.807) is 23.1 Å². The molecule has 1 amide bonds. The first-order valence-electron chi connectivity index (χ1n) is 6.47. The number of amides is 1. The first-order valence-corrected chi connectivity index (χ1v) is 7.23. The summed E-state index contributed by atoms with van der Waals surface area (Å²) in [6.45, 7) is 4.19. The number of anilines is 1. The second kappa shape index (κ2) is 8.22. The van der Waals surface area contributed by atoms with Crippen LogP contribution in [0.2, 0.25) is 10.0 Å². The summed E-state index contributed by atoms with van der Waals surface area (Å²) in [6.07, 6.45) is 0. The van der Waals surface area contributed by atoms with Crippen LogP contribution in [0, 0.1) is 5.92 Å². The van der Waals surface area contributed by atoms with Crippen LogP contribution in [-0.4, -0.2) is 41.5 Å². The average Bonchev–Trinajstić information content (AvgIpc) is 2.32. The number of carboxylic acid groups (broad SMARTS) is 1. The van der Waals surface area contributed by atoms with Gasteiger partial charge in [-0.3, -0.25) is 14.5 Å². The maximum absolute atomic E-state index is 12.0. The normalized spacial score (nSPS) is 11.0. The maximum Gasteiger partial charge on any atom is 0.317 e. The van der Waals surface area contributed by atoms with Crippen LogP contribution in [0.1, 0.15) is 13.8 Å². The van der Waals surface area contributed by atoms with Crippen molar-refractivity contribution < 1.29 is 14.7 Å². The number of hydrogen-bond donors (Lipinski definition) is 2. The Kier molecular flexibility index (Phi) is 6.95. The van der Waals surface area contributed by atoms with Crippen molar-refractivity contribution in [2.45, 2.75) is 13.8 Å². The molecule has 0 spiro atoms. The molecule has 0 bridgehead atoms. The molecule has 0 fully saturated rings. The Hall–Kier alpha value is -1.30. The molecule has 0 saturated carbocycles. The van der Waals surface area contributed by atoms with Gasteiger partial charge in [0, 0.05) is 6.54 Å². The third-order valence-electron chi connectivity index (χ3n) is 2.58. The molecule has 0 heterocycles. The SMILES string of the molecule is CC(C)CN(CC(=O)O)CC(=O)Nc1c(Cl)cccc1Cl. The third-order valence-corrected chi connectivity index (χ3v) is 3.21. The molecule has 0 radical (unpaired) electrons. The number of nitrogens with zero attached hydrogens (tertiary/aromatic N) is 1. The van der Waals surface area contributed by atoms with Crippen LogP contribution < -0.4 is 5.32 Å². The number of carboxylic acids is 1. The monoisotopic (exact) mass is 332 g/mol. The lowest BCUT2D eigenvalue weighted by Gasteiger charge is -2.22. The van der Waals surface area contributed by atoms with Gasteiger partial charge in [-0.05, 0) is 18.1 Å². The Labute approximate surface area is 133 Å². The van der Waals surface area contributed by atoms with E-state index < -0.39 is 5.97 Å². The number of hydrogen-bond acceptors (Lipinski definition) is 3. The van der Waals surface area contributed by atoms with E-state index in [2.05, 4.69) is 5.32 Å². The highest BCUT2D eigenvalue weighted by Crippen LogP contribution is 2.29. The Bertz CT molecular complexity index is 501. The van der Waals surface area contributed by atoms with E-state index in [1.807, 2.05) is 13.8 Å². The van der Waals surface area contributed by atoms with Crippen LogP contribution in [0.4, 0.5) is 5.69 Å². The highest BCUT2D eigenvalue weighted by molar-refractivity contribution is 6.39. The molecular formula is C14H18Cl2N2O3. The summed E-state index contributed by atoms with van der Waals surface area (Å²) in [6, 6.07) is 4.91. The van der Waals surface area contributed by atoms with Gasteiger partial charge in [0.05, 0.1) is 28.8 Å². The second-order valence-electron chi connectivity index (χ2n) is 5.10. The van der Waals surface area contributed by atoms with Gasteiger partial charge in [-0.25, -0.2) is 0 Å². The lowest BCUT2D eigenvalue weighted by molar-refractivity contribution is -0.138. The fourth-order valence-corrected chi connectivity index (χ4v) is 2.38. The summed E-state index contributed by atoms with van der Waals surface area (Å²) in [4.78, 5) is 24.4. The highest BCUT2D eigenvalue weighted by atomic mass is 35.5. The number of benzene rings is 1. The van der Waals surface area contributed by atoms with E-state index >= 15 is 0 Å². The predicted molar refractivity (Wildman–Crippen MR) is 84.0 cm³/mol. The standard InChI is InChI=1S/C14H18Cl2N2O3/c1-9(2)6-18(8-13(20)21)7-12(19)17-14-10(15)4-3-5-11(14)16/h3-5,9H,6-8H2,1-2H3,(H,17,19)(H,20,21). The summed E-state index contributed by atoms with van der Waals surface area (Å²) in [7, 11) is 0. The van der Waals surface area contributed by atoms with E-state index in [4.69, 9.17) is 28.3 Å². The molecule has 0 aliphatic carbocycles. The number of carbonyl (C=O) groups is 2. The molecule has 0 aromatic heterocycles. The number of halogens is 2. The smallest absolute Gasteiger partial charge is 0.317 e. The van der Waals surface area contributed by atoms with Crippen molar-refractivity contribution in [3.8, 4) is 0 Å².